The van der Waals surface area contributed by atoms with Gasteiger partial charge in [-0.1, -0.05) is 18.2 Å². The summed E-state index contributed by atoms with van der Waals surface area (Å²) in [6.45, 7) is 0.700. The predicted molar refractivity (Wildman–Crippen MR) is 68.9 cm³/mol. The third kappa shape index (κ3) is 4.06. The minimum atomic E-state index is -0.143. The van der Waals surface area contributed by atoms with E-state index < -0.39 is 0 Å². The Balaban J connectivity index is 1.61. The fourth-order valence-corrected chi connectivity index (χ4v) is 2.59. The van der Waals surface area contributed by atoms with E-state index in [4.69, 9.17) is 5.11 Å². The van der Waals surface area contributed by atoms with Crippen molar-refractivity contribution in [2.75, 3.05) is 12.3 Å². The van der Waals surface area contributed by atoms with Crippen molar-refractivity contribution in [2.24, 2.45) is 5.92 Å². The van der Waals surface area contributed by atoms with Gasteiger partial charge in [0.25, 0.3) is 0 Å². The third-order valence-electron chi connectivity index (χ3n) is 2.91. The Morgan fingerprint density at radius 2 is 2.06 bits per heavy atom. The summed E-state index contributed by atoms with van der Waals surface area (Å²) in [6.07, 6.45) is 1.51. The topological polar surface area (TPSA) is 49.3 Å². The van der Waals surface area contributed by atoms with E-state index in [1.807, 2.05) is 30.3 Å². The number of hydrogen-bond donors (Lipinski definition) is 2. The molecule has 0 unspecified atom stereocenters. The van der Waals surface area contributed by atoms with Gasteiger partial charge >= 0.3 is 0 Å². The summed E-state index contributed by atoms with van der Waals surface area (Å²) in [7, 11) is 0. The lowest BCUT2D eigenvalue weighted by molar-refractivity contribution is -0.119. The molecule has 0 radical (unpaired) electrons. The molecule has 1 fully saturated rings. The Hall–Kier alpha value is -1.00. The van der Waals surface area contributed by atoms with Gasteiger partial charge in [-0.25, -0.2) is 0 Å². The normalized spacial score (nSPS) is 22.9. The molecule has 17 heavy (non-hydrogen) atoms. The van der Waals surface area contributed by atoms with Crippen molar-refractivity contribution in [3.05, 3.63) is 30.3 Å². The van der Waals surface area contributed by atoms with E-state index in [0.29, 0.717) is 18.2 Å². The van der Waals surface area contributed by atoms with Crippen LogP contribution in [-0.4, -0.2) is 29.4 Å². The highest BCUT2D eigenvalue weighted by Gasteiger charge is 2.26. The van der Waals surface area contributed by atoms with Crippen molar-refractivity contribution in [2.45, 2.75) is 23.8 Å². The molecular formula is C13H17NO2S. The van der Waals surface area contributed by atoms with Gasteiger partial charge in [0.05, 0.1) is 11.9 Å². The van der Waals surface area contributed by atoms with Crippen LogP contribution in [-0.2, 0) is 4.79 Å². The number of rotatable bonds is 5. The number of thioether (sulfide) groups is 1. The molecule has 4 heteroatoms. The van der Waals surface area contributed by atoms with Crippen LogP contribution in [0.1, 0.15) is 12.8 Å². The summed E-state index contributed by atoms with van der Waals surface area (Å²) in [6, 6.07) is 9.90. The summed E-state index contributed by atoms with van der Waals surface area (Å²) in [4.78, 5) is 12.7. The van der Waals surface area contributed by atoms with Crippen LogP contribution in [0.15, 0.2) is 35.2 Å². The van der Waals surface area contributed by atoms with Crippen LogP contribution in [0.25, 0.3) is 0 Å². The smallest absolute Gasteiger partial charge is 0.230 e. The molecule has 2 N–H and O–H groups in total. The highest BCUT2D eigenvalue weighted by atomic mass is 32.2. The average molecular weight is 251 g/mol. The number of benzene rings is 1. The Bertz CT molecular complexity index is 363. The summed E-state index contributed by atoms with van der Waals surface area (Å²) >= 11 is 1.54. The van der Waals surface area contributed by atoms with E-state index in [2.05, 4.69) is 5.32 Å². The predicted octanol–water partition coefficient (Wildman–Crippen LogP) is 1.67. The maximum absolute atomic E-state index is 11.5. The van der Waals surface area contributed by atoms with E-state index in [1.165, 1.54) is 0 Å². The van der Waals surface area contributed by atoms with Gasteiger partial charge in [0.15, 0.2) is 0 Å². The second-order valence-electron chi connectivity index (χ2n) is 4.40. The van der Waals surface area contributed by atoms with Gasteiger partial charge < -0.3 is 10.4 Å². The van der Waals surface area contributed by atoms with Gasteiger partial charge in [0.1, 0.15) is 0 Å². The van der Waals surface area contributed by atoms with Gasteiger partial charge in [-0.3, -0.25) is 4.79 Å². The van der Waals surface area contributed by atoms with Crippen LogP contribution < -0.4 is 5.32 Å². The Kier molecular flexibility index (Phi) is 4.45. The molecule has 3 nitrogen and oxygen atoms in total. The number of amides is 1. The molecular weight excluding hydrogens is 234 g/mol. The number of hydrogen-bond acceptors (Lipinski definition) is 3. The molecule has 1 saturated carbocycles. The highest BCUT2D eigenvalue weighted by molar-refractivity contribution is 8.00. The number of carbonyl (C=O) groups excluding carboxylic acids is 1. The Labute approximate surface area is 106 Å². The molecule has 0 spiro atoms. The van der Waals surface area contributed by atoms with Crippen LogP contribution in [0.2, 0.25) is 0 Å². The first kappa shape index (κ1) is 12.5. The summed E-state index contributed by atoms with van der Waals surface area (Å²) in [5.74, 6) is 0.996. The number of carbonyl (C=O) groups is 1. The molecule has 2 rings (SSSR count). The summed E-state index contributed by atoms with van der Waals surface area (Å²) in [5.41, 5.74) is 0. The van der Waals surface area contributed by atoms with Crippen LogP contribution >= 0.6 is 11.8 Å². The van der Waals surface area contributed by atoms with Crippen LogP contribution in [0, 0.1) is 5.92 Å². The first-order chi connectivity index (χ1) is 8.24. The molecule has 1 amide bonds. The van der Waals surface area contributed by atoms with Gasteiger partial charge in [0.2, 0.25) is 5.91 Å². The molecule has 1 aromatic carbocycles. The van der Waals surface area contributed by atoms with Crippen molar-refractivity contribution in [1.29, 1.82) is 0 Å². The lowest BCUT2D eigenvalue weighted by atomic mass is 9.82. The lowest BCUT2D eigenvalue weighted by Crippen LogP contribution is -2.38. The molecule has 92 valence electrons. The molecule has 1 aliphatic carbocycles. The van der Waals surface area contributed by atoms with Crippen molar-refractivity contribution in [1.82, 2.24) is 5.32 Å². The molecule has 1 aliphatic rings. The number of nitrogens with one attached hydrogen (secondary N) is 1. The molecule has 0 aromatic heterocycles. The molecule has 0 heterocycles. The zero-order valence-electron chi connectivity index (χ0n) is 9.63. The zero-order valence-corrected chi connectivity index (χ0v) is 10.5. The fourth-order valence-electron chi connectivity index (χ4n) is 1.84. The monoisotopic (exact) mass is 251 g/mol. The lowest BCUT2D eigenvalue weighted by Gasteiger charge is -2.31. The van der Waals surface area contributed by atoms with Crippen molar-refractivity contribution in [3.63, 3.8) is 0 Å². The van der Waals surface area contributed by atoms with Gasteiger partial charge in [-0.2, -0.15) is 0 Å². The van der Waals surface area contributed by atoms with Crippen LogP contribution in [0.3, 0.4) is 0 Å². The standard InChI is InChI=1S/C13H17NO2S/c15-11-6-10(7-11)8-14-13(16)9-17-12-4-2-1-3-5-12/h1-5,10-11,15H,6-9H2,(H,14,16). The van der Waals surface area contributed by atoms with E-state index in [1.54, 1.807) is 11.8 Å². The summed E-state index contributed by atoms with van der Waals surface area (Å²) < 4.78 is 0. The van der Waals surface area contributed by atoms with Gasteiger partial charge in [-0.05, 0) is 30.9 Å². The van der Waals surface area contributed by atoms with E-state index in [0.717, 1.165) is 17.7 Å². The van der Waals surface area contributed by atoms with Crippen LogP contribution in [0.4, 0.5) is 0 Å². The zero-order chi connectivity index (χ0) is 12.1. The maximum atomic E-state index is 11.5. The quantitative estimate of drug-likeness (QED) is 0.783. The van der Waals surface area contributed by atoms with E-state index >= 15 is 0 Å². The number of aliphatic hydroxyl groups is 1. The van der Waals surface area contributed by atoms with Gasteiger partial charge in [-0.15, -0.1) is 11.8 Å². The maximum Gasteiger partial charge on any atom is 0.230 e. The largest absolute Gasteiger partial charge is 0.393 e. The highest BCUT2D eigenvalue weighted by Crippen LogP contribution is 2.26. The number of aliphatic hydroxyl groups excluding tert-OH is 1. The van der Waals surface area contributed by atoms with Crippen LogP contribution in [0.5, 0.6) is 0 Å². The first-order valence-corrected chi connectivity index (χ1v) is 6.85. The van der Waals surface area contributed by atoms with E-state index in [-0.39, 0.29) is 12.0 Å². The second-order valence-corrected chi connectivity index (χ2v) is 5.45. The van der Waals surface area contributed by atoms with Crippen molar-refractivity contribution in [3.8, 4) is 0 Å². The average Bonchev–Trinajstić information content (AvgIpc) is 2.32. The molecule has 0 atom stereocenters. The van der Waals surface area contributed by atoms with Crippen molar-refractivity contribution >= 4 is 17.7 Å². The minimum absolute atomic E-state index is 0.0697. The van der Waals surface area contributed by atoms with E-state index in [9.17, 15) is 4.79 Å². The Morgan fingerprint density at radius 3 is 2.71 bits per heavy atom. The molecule has 1 aromatic rings. The molecule has 0 saturated heterocycles. The van der Waals surface area contributed by atoms with Crippen molar-refractivity contribution < 1.29 is 9.90 Å². The van der Waals surface area contributed by atoms with Gasteiger partial charge in [0, 0.05) is 11.4 Å². The fraction of sp³-hybridized carbons (Fsp3) is 0.462. The Morgan fingerprint density at radius 1 is 1.35 bits per heavy atom. The first-order valence-electron chi connectivity index (χ1n) is 5.86. The summed E-state index contributed by atoms with van der Waals surface area (Å²) in [5, 5.41) is 12.0. The minimum Gasteiger partial charge on any atom is -0.393 e. The third-order valence-corrected chi connectivity index (χ3v) is 3.92. The molecule has 0 bridgehead atoms. The SMILES string of the molecule is O=C(CSc1ccccc1)NCC1CC(O)C1. The second kappa shape index (κ2) is 6.07. The molecule has 0 aliphatic heterocycles.